The van der Waals surface area contributed by atoms with Gasteiger partial charge in [-0.3, -0.25) is 9.59 Å². The number of aliphatic carboxylic acids is 1. The van der Waals surface area contributed by atoms with Crippen molar-refractivity contribution in [1.82, 2.24) is 5.32 Å². The highest BCUT2D eigenvalue weighted by atomic mass is 16.5. The Hall–Kier alpha value is -1.92. The molecule has 2 rings (SSSR count). The van der Waals surface area contributed by atoms with E-state index in [9.17, 15) is 9.59 Å². The number of nitrogens with two attached hydrogens (primary N) is 1. The number of nitrogens with one attached hydrogen (secondary N) is 1. The molecule has 6 nitrogen and oxygen atoms in total. The molecule has 1 aromatic rings. The third-order valence-corrected chi connectivity index (χ3v) is 3.38. The van der Waals surface area contributed by atoms with E-state index in [2.05, 4.69) is 5.32 Å². The molecule has 0 saturated carbocycles. The summed E-state index contributed by atoms with van der Waals surface area (Å²) in [6.45, 7) is 0.355. The lowest BCUT2D eigenvalue weighted by Crippen LogP contribution is -2.43. The molecule has 108 valence electrons. The van der Waals surface area contributed by atoms with E-state index in [4.69, 9.17) is 15.6 Å². The Bertz CT molecular complexity index is 477. The van der Waals surface area contributed by atoms with E-state index >= 15 is 0 Å². The zero-order chi connectivity index (χ0) is 14.5. The predicted molar refractivity (Wildman–Crippen MR) is 71.9 cm³/mol. The maximum Gasteiger partial charge on any atom is 0.311 e. The predicted octanol–water partition coefficient (Wildman–Crippen LogP) is 0.292. The van der Waals surface area contributed by atoms with E-state index in [1.54, 1.807) is 0 Å². The van der Waals surface area contributed by atoms with Gasteiger partial charge in [-0.2, -0.15) is 0 Å². The standard InChI is InChI=1S/C14H18N2O4/c15-11(9-4-2-1-3-5-9)6-13(17)16-12-8-20-7-10(12)14(18)19/h1-5,10-12H,6-8,15H2,(H,16,17)(H,18,19). The SMILES string of the molecule is NC(CC(=O)NC1COCC1C(=O)O)c1ccccc1. The van der Waals surface area contributed by atoms with Crippen LogP contribution in [0.25, 0.3) is 0 Å². The van der Waals surface area contributed by atoms with Crippen LogP contribution in [0.3, 0.4) is 0 Å². The van der Waals surface area contributed by atoms with E-state index < -0.39 is 24.0 Å². The average Bonchev–Trinajstić information content (AvgIpc) is 2.87. The minimum absolute atomic E-state index is 0.118. The minimum atomic E-state index is -0.958. The van der Waals surface area contributed by atoms with Gasteiger partial charge in [-0.1, -0.05) is 30.3 Å². The molecule has 3 atom stereocenters. The number of amides is 1. The second-order valence-corrected chi connectivity index (χ2v) is 4.88. The number of carboxylic acids is 1. The van der Waals surface area contributed by atoms with Crippen molar-refractivity contribution in [2.24, 2.45) is 11.7 Å². The van der Waals surface area contributed by atoms with Crippen LogP contribution in [-0.4, -0.2) is 36.2 Å². The number of carbonyl (C=O) groups excluding carboxylic acids is 1. The van der Waals surface area contributed by atoms with Crippen LogP contribution >= 0.6 is 0 Å². The molecular weight excluding hydrogens is 260 g/mol. The molecule has 1 aliphatic rings. The van der Waals surface area contributed by atoms with Crippen molar-refractivity contribution in [3.05, 3.63) is 35.9 Å². The quantitative estimate of drug-likeness (QED) is 0.718. The van der Waals surface area contributed by atoms with Gasteiger partial charge in [0.1, 0.15) is 5.92 Å². The molecule has 1 amide bonds. The minimum Gasteiger partial charge on any atom is -0.481 e. The largest absolute Gasteiger partial charge is 0.481 e. The maximum atomic E-state index is 11.9. The Morgan fingerprint density at radius 2 is 2.05 bits per heavy atom. The zero-order valence-electron chi connectivity index (χ0n) is 11.0. The maximum absolute atomic E-state index is 11.9. The van der Waals surface area contributed by atoms with Crippen LogP contribution in [0.15, 0.2) is 30.3 Å². The average molecular weight is 278 g/mol. The molecule has 0 aliphatic carbocycles. The van der Waals surface area contributed by atoms with Crippen LogP contribution in [0.4, 0.5) is 0 Å². The van der Waals surface area contributed by atoms with Crippen molar-refractivity contribution in [3.63, 3.8) is 0 Å². The lowest BCUT2D eigenvalue weighted by molar-refractivity contribution is -0.142. The van der Waals surface area contributed by atoms with Gasteiger partial charge in [-0.15, -0.1) is 0 Å². The molecule has 20 heavy (non-hydrogen) atoms. The van der Waals surface area contributed by atoms with E-state index in [-0.39, 0.29) is 25.5 Å². The van der Waals surface area contributed by atoms with Gasteiger partial charge in [0.2, 0.25) is 5.91 Å². The molecule has 1 fully saturated rings. The van der Waals surface area contributed by atoms with Crippen LogP contribution in [0.1, 0.15) is 18.0 Å². The lowest BCUT2D eigenvalue weighted by Gasteiger charge is -2.17. The molecule has 6 heteroatoms. The fraction of sp³-hybridized carbons (Fsp3) is 0.429. The summed E-state index contributed by atoms with van der Waals surface area (Å²) in [6.07, 6.45) is 0.118. The Morgan fingerprint density at radius 3 is 2.70 bits per heavy atom. The highest BCUT2D eigenvalue weighted by Gasteiger charge is 2.35. The first-order valence-corrected chi connectivity index (χ1v) is 6.48. The fourth-order valence-corrected chi connectivity index (χ4v) is 2.22. The summed E-state index contributed by atoms with van der Waals surface area (Å²) in [4.78, 5) is 22.9. The van der Waals surface area contributed by atoms with Crippen molar-refractivity contribution in [1.29, 1.82) is 0 Å². The summed E-state index contributed by atoms with van der Waals surface area (Å²) < 4.78 is 5.09. The number of rotatable bonds is 5. The molecule has 3 unspecified atom stereocenters. The molecule has 1 heterocycles. The summed E-state index contributed by atoms with van der Waals surface area (Å²) >= 11 is 0. The summed E-state index contributed by atoms with van der Waals surface area (Å²) in [7, 11) is 0. The Morgan fingerprint density at radius 1 is 1.35 bits per heavy atom. The molecule has 0 spiro atoms. The van der Waals surface area contributed by atoms with Crippen LogP contribution in [0.2, 0.25) is 0 Å². The lowest BCUT2D eigenvalue weighted by atomic mass is 10.0. The van der Waals surface area contributed by atoms with E-state index in [0.29, 0.717) is 0 Å². The van der Waals surface area contributed by atoms with Gasteiger partial charge in [-0.25, -0.2) is 0 Å². The van der Waals surface area contributed by atoms with Crippen LogP contribution in [0.5, 0.6) is 0 Å². The second-order valence-electron chi connectivity index (χ2n) is 4.88. The smallest absolute Gasteiger partial charge is 0.311 e. The third kappa shape index (κ3) is 3.55. The van der Waals surface area contributed by atoms with Gasteiger partial charge >= 0.3 is 5.97 Å². The van der Waals surface area contributed by atoms with Crippen molar-refractivity contribution in [2.45, 2.75) is 18.5 Å². The Kier molecular flexibility index (Phi) is 4.70. The van der Waals surface area contributed by atoms with Gasteiger partial charge in [-0.05, 0) is 5.56 Å². The van der Waals surface area contributed by atoms with Gasteiger partial charge in [0.15, 0.2) is 0 Å². The van der Waals surface area contributed by atoms with Crippen molar-refractivity contribution in [3.8, 4) is 0 Å². The highest BCUT2D eigenvalue weighted by molar-refractivity contribution is 5.79. The molecule has 4 N–H and O–H groups in total. The third-order valence-electron chi connectivity index (χ3n) is 3.38. The summed E-state index contributed by atoms with van der Waals surface area (Å²) in [5.41, 5.74) is 6.83. The molecule has 0 bridgehead atoms. The van der Waals surface area contributed by atoms with Gasteiger partial charge < -0.3 is 20.9 Å². The number of benzene rings is 1. The summed E-state index contributed by atoms with van der Waals surface area (Å²) in [5.74, 6) is -1.91. The molecule has 0 aromatic heterocycles. The first-order valence-electron chi connectivity index (χ1n) is 6.48. The van der Waals surface area contributed by atoms with Crippen LogP contribution in [-0.2, 0) is 14.3 Å². The molecule has 1 saturated heterocycles. The van der Waals surface area contributed by atoms with E-state index in [1.165, 1.54) is 0 Å². The number of ether oxygens (including phenoxy) is 1. The molecular formula is C14H18N2O4. The monoisotopic (exact) mass is 278 g/mol. The first-order chi connectivity index (χ1) is 9.58. The first kappa shape index (κ1) is 14.5. The Labute approximate surface area is 116 Å². The van der Waals surface area contributed by atoms with Crippen LogP contribution in [0, 0.1) is 5.92 Å². The number of carbonyl (C=O) groups is 2. The normalized spacial score (nSPS) is 23.2. The number of hydrogen-bond acceptors (Lipinski definition) is 4. The van der Waals surface area contributed by atoms with Crippen molar-refractivity contribution < 1.29 is 19.4 Å². The Balaban J connectivity index is 1.88. The van der Waals surface area contributed by atoms with E-state index in [0.717, 1.165) is 5.56 Å². The molecule has 0 radical (unpaired) electrons. The second kappa shape index (κ2) is 6.49. The molecule has 1 aliphatic heterocycles. The van der Waals surface area contributed by atoms with Crippen molar-refractivity contribution in [2.75, 3.05) is 13.2 Å². The number of carboxylic acid groups (broad SMARTS) is 1. The van der Waals surface area contributed by atoms with Crippen molar-refractivity contribution >= 4 is 11.9 Å². The summed E-state index contributed by atoms with van der Waals surface area (Å²) in [6, 6.07) is 8.43. The number of hydrogen-bond donors (Lipinski definition) is 3. The zero-order valence-corrected chi connectivity index (χ0v) is 11.0. The van der Waals surface area contributed by atoms with Crippen LogP contribution < -0.4 is 11.1 Å². The summed E-state index contributed by atoms with van der Waals surface area (Å²) in [5, 5.41) is 11.7. The molecule has 1 aromatic carbocycles. The van der Waals surface area contributed by atoms with E-state index in [1.807, 2.05) is 30.3 Å². The van der Waals surface area contributed by atoms with Gasteiger partial charge in [0, 0.05) is 12.5 Å². The van der Waals surface area contributed by atoms with Gasteiger partial charge in [0.05, 0.1) is 19.3 Å². The highest BCUT2D eigenvalue weighted by Crippen LogP contribution is 2.16. The van der Waals surface area contributed by atoms with Gasteiger partial charge in [0.25, 0.3) is 0 Å². The topological polar surface area (TPSA) is 102 Å². The fourth-order valence-electron chi connectivity index (χ4n) is 2.22.